The topological polar surface area (TPSA) is 124 Å². The third kappa shape index (κ3) is 5.73. The molecule has 0 amide bonds. The summed E-state index contributed by atoms with van der Waals surface area (Å²) < 4.78 is 33.0. The van der Waals surface area contributed by atoms with E-state index in [9.17, 15) is 19.2 Å². The quantitative estimate of drug-likeness (QED) is 0.212. The van der Waals surface area contributed by atoms with Crippen molar-refractivity contribution < 1.29 is 47.6 Å². The molecule has 5 rings (SSSR count). The number of carbonyl (C=O) groups excluding carboxylic acids is 4. The predicted octanol–water partition coefficient (Wildman–Crippen LogP) is 4.78. The van der Waals surface area contributed by atoms with Gasteiger partial charge in [0.25, 0.3) is 12.6 Å². The van der Waals surface area contributed by atoms with Crippen LogP contribution in [0.1, 0.15) is 48.7 Å². The van der Waals surface area contributed by atoms with Crippen molar-refractivity contribution >= 4 is 35.4 Å². The first kappa shape index (κ1) is 28.2. The second kappa shape index (κ2) is 12.4. The lowest BCUT2D eigenvalue weighted by Gasteiger charge is -2.29. The zero-order valence-corrected chi connectivity index (χ0v) is 22.7. The van der Waals surface area contributed by atoms with Crippen LogP contribution in [0.25, 0.3) is 11.5 Å². The second-order valence-electron chi connectivity index (χ2n) is 8.96. The maximum absolute atomic E-state index is 13.0. The van der Waals surface area contributed by atoms with Crippen molar-refractivity contribution in [2.24, 2.45) is 0 Å². The van der Waals surface area contributed by atoms with Gasteiger partial charge in [0.2, 0.25) is 0 Å². The Morgan fingerprint density at radius 2 is 0.929 bits per heavy atom. The van der Waals surface area contributed by atoms with Crippen LogP contribution in [0, 0.1) is 0 Å². The second-order valence-corrected chi connectivity index (χ2v) is 8.96. The highest BCUT2D eigenvalue weighted by molar-refractivity contribution is 6.20. The van der Waals surface area contributed by atoms with Crippen molar-refractivity contribution in [3.8, 4) is 0 Å². The van der Waals surface area contributed by atoms with Crippen LogP contribution in [0.3, 0.4) is 0 Å². The molecule has 2 heterocycles. The summed E-state index contributed by atoms with van der Waals surface area (Å²) in [5, 5.41) is 0. The molecule has 2 aliphatic heterocycles. The zero-order chi connectivity index (χ0) is 29.6. The number of hydrogen-bond acceptors (Lipinski definition) is 10. The molecule has 2 aliphatic rings. The van der Waals surface area contributed by atoms with E-state index in [1.165, 1.54) is 0 Å². The van der Waals surface area contributed by atoms with Gasteiger partial charge >= 0.3 is 23.9 Å². The van der Waals surface area contributed by atoms with Crippen LogP contribution in [0.2, 0.25) is 0 Å². The van der Waals surface area contributed by atoms with Gasteiger partial charge in [-0.15, -0.1) is 0 Å². The molecule has 0 aromatic heterocycles. The average Bonchev–Trinajstić information content (AvgIpc) is 3.01. The predicted molar refractivity (Wildman–Crippen MR) is 146 cm³/mol. The van der Waals surface area contributed by atoms with Gasteiger partial charge in [0.1, 0.15) is 0 Å². The molecule has 10 heteroatoms. The minimum Gasteiger partial charge on any atom is -0.462 e. The summed E-state index contributed by atoms with van der Waals surface area (Å²) >= 11 is 0. The minimum atomic E-state index is -1.18. The molecule has 2 unspecified atom stereocenters. The molecule has 0 N–H and O–H groups in total. The van der Waals surface area contributed by atoms with Crippen LogP contribution >= 0.6 is 0 Å². The van der Waals surface area contributed by atoms with Crippen molar-refractivity contribution in [3.63, 3.8) is 0 Å². The van der Waals surface area contributed by atoms with Crippen molar-refractivity contribution in [1.29, 1.82) is 0 Å². The summed E-state index contributed by atoms with van der Waals surface area (Å²) in [7, 11) is 0. The molecule has 214 valence electrons. The highest BCUT2D eigenvalue weighted by Gasteiger charge is 2.39. The average molecular weight is 571 g/mol. The summed E-state index contributed by atoms with van der Waals surface area (Å²) in [6.45, 7) is 3.39. The Morgan fingerprint density at radius 3 is 1.26 bits per heavy atom. The van der Waals surface area contributed by atoms with E-state index in [4.69, 9.17) is 28.4 Å². The number of rotatable bonds is 8. The van der Waals surface area contributed by atoms with Gasteiger partial charge in [0.05, 0.1) is 13.2 Å². The molecular weight excluding hydrogens is 544 g/mol. The molecular formula is C32H26O10. The molecule has 42 heavy (non-hydrogen) atoms. The Balaban J connectivity index is 1.42. The molecule has 3 aromatic rings. The number of ether oxygens (including phenoxy) is 6. The summed E-state index contributed by atoms with van der Waals surface area (Å²) in [5.41, 5.74) is 1.21. The number of hydrogen-bond donors (Lipinski definition) is 0. The zero-order valence-electron chi connectivity index (χ0n) is 22.7. The van der Waals surface area contributed by atoms with Crippen LogP contribution in [0.15, 0.2) is 96.1 Å². The molecule has 2 atom stereocenters. The van der Waals surface area contributed by atoms with Gasteiger partial charge in [-0.25, -0.2) is 19.2 Å². The van der Waals surface area contributed by atoms with Crippen molar-refractivity contribution in [3.05, 3.63) is 118 Å². The standard InChI is InChI=1S/C32H26O10/c1-3-37-27(33)23-25(19-11-7-5-8-12-19)39-31(41-29(23)35)21-15-17-22(18-16-21)32-40-26(20-13-9-6-10-14-20)24(30(36)42-32)28(34)38-4-2/h5-18,31-32H,3-4H2,1-2H3. The Bertz CT molecular complexity index is 1440. The Labute approximate surface area is 241 Å². The van der Waals surface area contributed by atoms with E-state index in [-0.39, 0.29) is 35.9 Å². The van der Waals surface area contributed by atoms with E-state index in [0.29, 0.717) is 22.3 Å². The largest absolute Gasteiger partial charge is 0.462 e. The third-order valence-corrected chi connectivity index (χ3v) is 6.25. The monoisotopic (exact) mass is 570 g/mol. The molecule has 0 radical (unpaired) electrons. The molecule has 0 spiro atoms. The van der Waals surface area contributed by atoms with Gasteiger partial charge < -0.3 is 28.4 Å². The summed E-state index contributed by atoms with van der Waals surface area (Å²) in [5.74, 6) is -3.41. The number of carbonyl (C=O) groups is 4. The minimum absolute atomic E-state index is 0.0352. The van der Waals surface area contributed by atoms with Crippen LogP contribution in [0.4, 0.5) is 0 Å². The lowest BCUT2D eigenvalue weighted by Crippen LogP contribution is -2.29. The van der Waals surface area contributed by atoms with E-state index in [1.54, 1.807) is 98.8 Å². The smallest absolute Gasteiger partial charge is 0.352 e. The molecule has 0 saturated carbocycles. The third-order valence-electron chi connectivity index (χ3n) is 6.25. The summed E-state index contributed by atoms with van der Waals surface area (Å²) in [6, 6.07) is 23.8. The summed E-state index contributed by atoms with van der Waals surface area (Å²) in [4.78, 5) is 51.0. The Kier molecular flexibility index (Phi) is 8.33. The van der Waals surface area contributed by atoms with Gasteiger partial charge in [-0.05, 0) is 13.8 Å². The van der Waals surface area contributed by atoms with Crippen molar-refractivity contribution in [2.45, 2.75) is 26.4 Å². The lowest BCUT2D eigenvalue weighted by molar-refractivity contribution is -0.173. The molecule has 0 saturated heterocycles. The van der Waals surface area contributed by atoms with Gasteiger partial charge in [-0.1, -0.05) is 84.9 Å². The first-order valence-corrected chi connectivity index (χ1v) is 13.2. The first-order valence-electron chi connectivity index (χ1n) is 13.2. The molecule has 3 aromatic carbocycles. The highest BCUT2D eigenvalue weighted by Crippen LogP contribution is 2.38. The fourth-order valence-corrected chi connectivity index (χ4v) is 4.32. The van der Waals surface area contributed by atoms with Crippen LogP contribution in [-0.2, 0) is 47.6 Å². The Morgan fingerprint density at radius 1 is 0.571 bits per heavy atom. The SMILES string of the molecule is CCOC(=O)C1=C(c2ccccc2)OC(c2ccc(C3OC(=O)C(C(=O)OCC)=C(c4ccccc4)O3)cc2)OC1=O. The molecule has 0 fully saturated rings. The fourth-order valence-electron chi connectivity index (χ4n) is 4.32. The lowest BCUT2D eigenvalue weighted by atomic mass is 10.1. The summed E-state index contributed by atoms with van der Waals surface area (Å²) in [6.07, 6.45) is -2.35. The molecule has 0 bridgehead atoms. The fraction of sp³-hybridized carbons (Fsp3) is 0.188. The van der Waals surface area contributed by atoms with Gasteiger partial charge in [0.15, 0.2) is 22.7 Å². The van der Waals surface area contributed by atoms with Crippen molar-refractivity contribution in [2.75, 3.05) is 13.2 Å². The number of cyclic esters (lactones) is 2. The van der Waals surface area contributed by atoms with Crippen LogP contribution < -0.4 is 0 Å². The molecule has 0 aliphatic carbocycles. The molecule has 10 nitrogen and oxygen atoms in total. The Hall–Kier alpha value is -5.38. The van der Waals surface area contributed by atoms with E-state index < -0.39 is 36.5 Å². The maximum Gasteiger partial charge on any atom is 0.352 e. The normalized spacial score (nSPS) is 18.3. The highest BCUT2D eigenvalue weighted by atomic mass is 16.7. The van der Waals surface area contributed by atoms with Gasteiger partial charge in [-0.3, -0.25) is 0 Å². The van der Waals surface area contributed by atoms with E-state index in [0.717, 1.165) is 0 Å². The number of benzene rings is 3. The van der Waals surface area contributed by atoms with E-state index >= 15 is 0 Å². The number of esters is 4. The van der Waals surface area contributed by atoms with Crippen LogP contribution in [0.5, 0.6) is 0 Å². The van der Waals surface area contributed by atoms with Gasteiger partial charge in [-0.2, -0.15) is 0 Å². The van der Waals surface area contributed by atoms with Gasteiger partial charge in [0, 0.05) is 22.3 Å². The first-order chi connectivity index (χ1) is 20.4. The van der Waals surface area contributed by atoms with E-state index in [1.807, 2.05) is 0 Å². The van der Waals surface area contributed by atoms with E-state index in [2.05, 4.69) is 0 Å². The van der Waals surface area contributed by atoms with Crippen LogP contribution in [-0.4, -0.2) is 37.1 Å². The van der Waals surface area contributed by atoms with Crippen molar-refractivity contribution in [1.82, 2.24) is 0 Å². The maximum atomic E-state index is 13.0.